The van der Waals surface area contributed by atoms with E-state index >= 15 is 0 Å². The normalized spacial score (nSPS) is 12.4. The van der Waals surface area contributed by atoms with Crippen molar-refractivity contribution < 1.29 is 0 Å². The summed E-state index contributed by atoms with van der Waals surface area (Å²) in [6, 6.07) is 10.0. The zero-order chi connectivity index (χ0) is 12.1. The Morgan fingerprint density at radius 3 is 2.59 bits per heavy atom. The Hall–Kier alpha value is -1.39. The molecule has 0 spiro atoms. The molecule has 4 heteroatoms. The Balaban J connectivity index is 2.27. The van der Waals surface area contributed by atoms with Gasteiger partial charge in [-0.3, -0.25) is 0 Å². The minimum atomic E-state index is 0.0717. The maximum atomic E-state index is 6.09. The van der Waals surface area contributed by atoms with Gasteiger partial charge in [0, 0.05) is 23.3 Å². The number of rotatable bonds is 4. The molecule has 1 heterocycles. The third-order valence-electron chi connectivity index (χ3n) is 2.50. The molecular formula is C13H15N3S. The van der Waals surface area contributed by atoms with Crippen LogP contribution in [0, 0.1) is 0 Å². The van der Waals surface area contributed by atoms with Crippen LogP contribution < -0.4 is 5.73 Å². The Bertz CT molecular complexity index is 473. The van der Waals surface area contributed by atoms with Crippen molar-refractivity contribution in [1.29, 1.82) is 0 Å². The first-order valence-electron chi connectivity index (χ1n) is 5.60. The lowest BCUT2D eigenvalue weighted by Crippen LogP contribution is -2.09. The van der Waals surface area contributed by atoms with Crippen molar-refractivity contribution in [1.82, 2.24) is 9.97 Å². The highest BCUT2D eigenvalue weighted by Crippen LogP contribution is 2.31. The zero-order valence-corrected chi connectivity index (χ0v) is 10.5. The van der Waals surface area contributed by atoms with Gasteiger partial charge in [0.15, 0.2) is 5.16 Å². The fourth-order valence-electron chi connectivity index (χ4n) is 1.54. The highest BCUT2D eigenvalue weighted by Gasteiger charge is 2.10. The predicted octanol–water partition coefficient (Wildman–Crippen LogP) is 3.04. The molecule has 0 aliphatic heterocycles. The van der Waals surface area contributed by atoms with Crippen LogP contribution in [0.1, 0.15) is 24.9 Å². The van der Waals surface area contributed by atoms with Gasteiger partial charge < -0.3 is 5.73 Å². The van der Waals surface area contributed by atoms with E-state index < -0.39 is 0 Å². The average Bonchev–Trinajstić information content (AvgIpc) is 2.40. The molecule has 0 saturated heterocycles. The van der Waals surface area contributed by atoms with E-state index in [9.17, 15) is 0 Å². The number of nitrogens with two attached hydrogens (primary N) is 1. The van der Waals surface area contributed by atoms with Crippen LogP contribution in [0.15, 0.2) is 52.8 Å². The molecule has 3 nitrogen and oxygen atoms in total. The van der Waals surface area contributed by atoms with Crippen LogP contribution in [-0.2, 0) is 0 Å². The van der Waals surface area contributed by atoms with Crippen molar-refractivity contribution in [2.75, 3.05) is 0 Å². The van der Waals surface area contributed by atoms with E-state index in [-0.39, 0.29) is 6.04 Å². The summed E-state index contributed by atoms with van der Waals surface area (Å²) in [4.78, 5) is 9.56. The van der Waals surface area contributed by atoms with Crippen molar-refractivity contribution in [3.63, 3.8) is 0 Å². The van der Waals surface area contributed by atoms with Crippen LogP contribution in [0.25, 0.3) is 0 Å². The van der Waals surface area contributed by atoms with E-state index in [2.05, 4.69) is 29.0 Å². The molecular weight excluding hydrogens is 230 g/mol. The highest BCUT2D eigenvalue weighted by atomic mass is 32.2. The third kappa shape index (κ3) is 3.05. The summed E-state index contributed by atoms with van der Waals surface area (Å²) in [6.45, 7) is 2.09. The van der Waals surface area contributed by atoms with Crippen molar-refractivity contribution in [3.8, 4) is 0 Å². The first-order chi connectivity index (χ1) is 8.31. The Kier molecular flexibility index (Phi) is 4.12. The fourth-order valence-corrected chi connectivity index (χ4v) is 2.44. The third-order valence-corrected chi connectivity index (χ3v) is 3.49. The van der Waals surface area contributed by atoms with Crippen molar-refractivity contribution in [3.05, 3.63) is 48.3 Å². The Morgan fingerprint density at radius 2 is 1.88 bits per heavy atom. The molecule has 0 amide bonds. The molecule has 1 aromatic carbocycles. The van der Waals surface area contributed by atoms with Crippen LogP contribution >= 0.6 is 11.8 Å². The lowest BCUT2D eigenvalue weighted by atomic mass is 10.1. The molecule has 0 aliphatic carbocycles. The van der Waals surface area contributed by atoms with Crippen LogP contribution in [-0.4, -0.2) is 9.97 Å². The standard InChI is InChI=1S/C13H15N3S/c1-2-11(14)10-6-3-4-7-12(10)17-13-15-8-5-9-16-13/h3-9,11H,2,14H2,1H3/t11-/m1/s1. The number of hydrogen-bond donors (Lipinski definition) is 1. The molecule has 88 valence electrons. The van der Waals surface area contributed by atoms with Crippen LogP contribution in [0.4, 0.5) is 0 Å². The minimum absolute atomic E-state index is 0.0717. The topological polar surface area (TPSA) is 51.8 Å². The van der Waals surface area contributed by atoms with E-state index in [1.807, 2.05) is 18.2 Å². The molecule has 2 rings (SSSR count). The smallest absolute Gasteiger partial charge is 0.192 e. The van der Waals surface area contributed by atoms with Crippen molar-refractivity contribution >= 4 is 11.8 Å². The van der Waals surface area contributed by atoms with E-state index in [1.165, 1.54) is 0 Å². The van der Waals surface area contributed by atoms with Crippen LogP contribution in [0.2, 0.25) is 0 Å². The largest absolute Gasteiger partial charge is 0.324 e. The van der Waals surface area contributed by atoms with Gasteiger partial charge in [-0.1, -0.05) is 25.1 Å². The SMILES string of the molecule is CC[C@@H](N)c1ccccc1Sc1ncccn1. The van der Waals surface area contributed by atoms with E-state index in [4.69, 9.17) is 5.73 Å². The Labute approximate surface area is 105 Å². The molecule has 17 heavy (non-hydrogen) atoms. The second kappa shape index (κ2) is 5.80. The fraction of sp³-hybridized carbons (Fsp3) is 0.231. The molecule has 0 radical (unpaired) electrons. The monoisotopic (exact) mass is 245 g/mol. The Morgan fingerprint density at radius 1 is 1.18 bits per heavy atom. The molecule has 0 saturated carbocycles. The predicted molar refractivity (Wildman–Crippen MR) is 69.8 cm³/mol. The molecule has 2 N–H and O–H groups in total. The molecule has 0 unspecified atom stereocenters. The maximum absolute atomic E-state index is 6.09. The first-order valence-corrected chi connectivity index (χ1v) is 6.42. The molecule has 0 bridgehead atoms. The van der Waals surface area contributed by atoms with Gasteiger partial charge in [0.2, 0.25) is 0 Å². The summed E-state index contributed by atoms with van der Waals surface area (Å²) >= 11 is 1.56. The van der Waals surface area contributed by atoms with Gasteiger partial charge in [0.05, 0.1) is 0 Å². The molecule has 1 aromatic heterocycles. The van der Waals surface area contributed by atoms with Gasteiger partial charge in [-0.05, 0) is 35.9 Å². The van der Waals surface area contributed by atoms with E-state index in [1.54, 1.807) is 24.2 Å². The molecule has 1 atom stereocenters. The van der Waals surface area contributed by atoms with Gasteiger partial charge in [-0.25, -0.2) is 9.97 Å². The number of nitrogens with zero attached hydrogens (tertiary/aromatic N) is 2. The second-order valence-electron chi connectivity index (χ2n) is 3.69. The number of hydrogen-bond acceptors (Lipinski definition) is 4. The lowest BCUT2D eigenvalue weighted by Gasteiger charge is -2.13. The number of aromatic nitrogens is 2. The van der Waals surface area contributed by atoms with Crippen molar-refractivity contribution in [2.24, 2.45) is 5.73 Å². The van der Waals surface area contributed by atoms with Gasteiger partial charge in [0.1, 0.15) is 0 Å². The van der Waals surface area contributed by atoms with Gasteiger partial charge in [-0.2, -0.15) is 0 Å². The molecule has 0 fully saturated rings. The van der Waals surface area contributed by atoms with Gasteiger partial charge in [0.25, 0.3) is 0 Å². The summed E-state index contributed by atoms with van der Waals surface area (Å²) in [7, 11) is 0. The quantitative estimate of drug-likeness (QED) is 0.841. The van der Waals surface area contributed by atoms with E-state index in [0.29, 0.717) is 0 Å². The summed E-state index contributed by atoms with van der Waals surface area (Å²) < 4.78 is 0. The highest BCUT2D eigenvalue weighted by molar-refractivity contribution is 7.99. The molecule has 0 aliphatic rings. The molecule has 2 aromatic rings. The van der Waals surface area contributed by atoms with Crippen LogP contribution in [0.3, 0.4) is 0 Å². The second-order valence-corrected chi connectivity index (χ2v) is 4.70. The maximum Gasteiger partial charge on any atom is 0.192 e. The van der Waals surface area contributed by atoms with E-state index in [0.717, 1.165) is 22.0 Å². The average molecular weight is 245 g/mol. The first kappa shape index (κ1) is 12.1. The summed E-state index contributed by atoms with van der Waals surface area (Å²) in [5.74, 6) is 0. The minimum Gasteiger partial charge on any atom is -0.324 e. The summed E-state index contributed by atoms with van der Waals surface area (Å²) in [5.41, 5.74) is 7.25. The summed E-state index contributed by atoms with van der Waals surface area (Å²) in [5, 5.41) is 0.753. The van der Waals surface area contributed by atoms with Gasteiger partial charge >= 0.3 is 0 Å². The lowest BCUT2D eigenvalue weighted by molar-refractivity contribution is 0.685. The van der Waals surface area contributed by atoms with Gasteiger partial charge in [-0.15, -0.1) is 0 Å². The van der Waals surface area contributed by atoms with Crippen LogP contribution in [0.5, 0.6) is 0 Å². The number of benzene rings is 1. The summed E-state index contributed by atoms with van der Waals surface area (Å²) in [6.07, 6.45) is 4.42. The van der Waals surface area contributed by atoms with Crippen molar-refractivity contribution in [2.45, 2.75) is 29.4 Å². The zero-order valence-electron chi connectivity index (χ0n) is 9.71.